The van der Waals surface area contributed by atoms with Gasteiger partial charge >= 0.3 is 11.8 Å². The summed E-state index contributed by atoms with van der Waals surface area (Å²) >= 11 is 2.92. The van der Waals surface area contributed by atoms with Crippen LogP contribution in [0.2, 0.25) is 0 Å². The molecule has 0 aliphatic heterocycles. The highest BCUT2D eigenvalue weighted by atomic mass is 32.1. The van der Waals surface area contributed by atoms with Crippen molar-refractivity contribution in [2.24, 2.45) is 10.2 Å². The highest BCUT2D eigenvalue weighted by molar-refractivity contribution is 7.10. The molecule has 2 amide bonds. The summed E-state index contributed by atoms with van der Waals surface area (Å²) in [6.45, 7) is 3.71. The molecule has 8 nitrogen and oxygen atoms in total. The van der Waals surface area contributed by atoms with Gasteiger partial charge in [-0.3, -0.25) is 9.59 Å². The van der Waals surface area contributed by atoms with Gasteiger partial charge in [0, 0.05) is 10.8 Å². The molecule has 0 bridgehead atoms. The minimum Gasteiger partial charge on any atom is -0.262 e. The number of hydrazone groups is 2. The normalized spacial score (nSPS) is 11.2. The van der Waals surface area contributed by atoms with E-state index >= 15 is 0 Å². The summed E-state index contributed by atoms with van der Waals surface area (Å²) in [5.74, 6) is -1.84. The van der Waals surface area contributed by atoms with Gasteiger partial charge in [0.1, 0.15) is 0 Å². The van der Waals surface area contributed by atoms with Crippen LogP contribution in [-0.2, 0) is 9.59 Å². The van der Waals surface area contributed by atoms with E-state index in [0.717, 1.165) is 10.0 Å². The summed E-state index contributed by atoms with van der Waals surface area (Å²) in [4.78, 5) is 31.1. The van der Waals surface area contributed by atoms with Crippen molar-refractivity contribution in [3.05, 3.63) is 32.2 Å². The maximum atomic E-state index is 11.4. The number of amides is 2. The Morgan fingerprint density at radius 2 is 1.36 bits per heavy atom. The standard InChI is InChI=1S/C12H12N6O2S2/c1-7-15-9(5-21-7)3-13-17-11(19)12(20)18-14-4-10-6-22-8(2)16-10/h3-6H,1-2H3,(H,17,19)(H,18,20)/b13-3-,14-4-. The molecule has 2 N–H and O–H groups in total. The second-order valence-corrected chi connectivity index (χ2v) is 6.11. The van der Waals surface area contributed by atoms with Crippen molar-refractivity contribution < 1.29 is 9.59 Å². The number of carbonyl (C=O) groups excluding carboxylic acids is 2. The van der Waals surface area contributed by atoms with E-state index in [4.69, 9.17) is 0 Å². The van der Waals surface area contributed by atoms with E-state index < -0.39 is 11.8 Å². The molecule has 0 aromatic carbocycles. The summed E-state index contributed by atoms with van der Waals surface area (Å²) in [7, 11) is 0. The lowest BCUT2D eigenvalue weighted by Crippen LogP contribution is -2.35. The fourth-order valence-corrected chi connectivity index (χ4v) is 2.42. The highest BCUT2D eigenvalue weighted by Gasteiger charge is 2.11. The molecule has 0 saturated carbocycles. The Morgan fingerprint density at radius 1 is 0.955 bits per heavy atom. The third kappa shape index (κ3) is 4.82. The van der Waals surface area contributed by atoms with Crippen LogP contribution >= 0.6 is 22.7 Å². The molecule has 0 spiro atoms. The third-order valence-corrected chi connectivity index (χ3v) is 3.79. The molecule has 0 aliphatic carbocycles. The Hall–Kier alpha value is -2.46. The first-order valence-electron chi connectivity index (χ1n) is 6.05. The summed E-state index contributed by atoms with van der Waals surface area (Å²) in [6.07, 6.45) is 2.71. The first kappa shape index (κ1) is 15.9. The van der Waals surface area contributed by atoms with E-state index in [1.54, 1.807) is 10.8 Å². The van der Waals surface area contributed by atoms with Crippen LogP contribution in [0, 0.1) is 13.8 Å². The SMILES string of the molecule is Cc1nc(/C=N\NC(=O)C(=O)N/N=C\c2csc(C)n2)cs1. The van der Waals surface area contributed by atoms with Crippen molar-refractivity contribution in [3.8, 4) is 0 Å². The molecule has 114 valence electrons. The van der Waals surface area contributed by atoms with Crippen LogP contribution in [-0.4, -0.2) is 34.2 Å². The van der Waals surface area contributed by atoms with Gasteiger partial charge in [0.05, 0.1) is 33.8 Å². The first-order chi connectivity index (χ1) is 10.5. The molecular weight excluding hydrogens is 324 g/mol. The van der Waals surface area contributed by atoms with E-state index in [2.05, 4.69) is 31.0 Å². The minimum absolute atomic E-state index is 0.611. The van der Waals surface area contributed by atoms with Crippen LogP contribution in [0.25, 0.3) is 0 Å². The van der Waals surface area contributed by atoms with Gasteiger partial charge in [0.25, 0.3) is 0 Å². The number of rotatable bonds is 4. The minimum atomic E-state index is -0.921. The number of carbonyl (C=O) groups is 2. The van der Waals surface area contributed by atoms with Gasteiger partial charge < -0.3 is 0 Å². The van der Waals surface area contributed by atoms with Crippen LogP contribution in [0.1, 0.15) is 21.4 Å². The third-order valence-electron chi connectivity index (χ3n) is 2.21. The zero-order chi connectivity index (χ0) is 15.9. The van der Waals surface area contributed by atoms with Gasteiger partial charge in [-0.15, -0.1) is 22.7 Å². The lowest BCUT2D eigenvalue weighted by molar-refractivity contribution is -0.139. The Balaban J connectivity index is 1.78. The van der Waals surface area contributed by atoms with Crippen LogP contribution in [0.3, 0.4) is 0 Å². The molecule has 0 atom stereocenters. The lowest BCUT2D eigenvalue weighted by atomic mass is 10.5. The Morgan fingerprint density at radius 3 is 1.68 bits per heavy atom. The fraction of sp³-hybridized carbons (Fsp3) is 0.167. The van der Waals surface area contributed by atoms with E-state index in [-0.39, 0.29) is 0 Å². The average molecular weight is 336 g/mol. The van der Waals surface area contributed by atoms with Crippen LogP contribution in [0.5, 0.6) is 0 Å². The monoisotopic (exact) mass is 336 g/mol. The van der Waals surface area contributed by atoms with Crippen molar-refractivity contribution in [3.63, 3.8) is 0 Å². The highest BCUT2D eigenvalue weighted by Crippen LogP contribution is 2.05. The van der Waals surface area contributed by atoms with E-state index in [1.165, 1.54) is 35.1 Å². The first-order valence-corrected chi connectivity index (χ1v) is 7.81. The maximum absolute atomic E-state index is 11.4. The topological polar surface area (TPSA) is 109 Å². The Labute approximate surface area is 134 Å². The molecule has 0 unspecified atom stereocenters. The van der Waals surface area contributed by atoms with Crippen molar-refractivity contribution in [2.75, 3.05) is 0 Å². The smallest absolute Gasteiger partial charge is 0.262 e. The molecule has 2 aromatic heterocycles. The molecular formula is C12H12N6O2S2. The Kier molecular flexibility index (Phi) is 5.44. The van der Waals surface area contributed by atoms with E-state index in [1.807, 2.05) is 13.8 Å². The van der Waals surface area contributed by atoms with Crippen molar-refractivity contribution in [2.45, 2.75) is 13.8 Å². The zero-order valence-electron chi connectivity index (χ0n) is 11.7. The molecule has 2 heterocycles. The number of nitrogens with one attached hydrogen (secondary N) is 2. The van der Waals surface area contributed by atoms with Gasteiger partial charge in [0.15, 0.2) is 0 Å². The van der Waals surface area contributed by atoms with Crippen LogP contribution in [0.15, 0.2) is 21.0 Å². The van der Waals surface area contributed by atoms with Gasteiger partial charge in [-0.25, -0.2) is 20.8 Å². The lowest BCUT2D eigenvalue weighted by Gasteiger charge is -1.96. The van der Waals surface area contributed by atoms with Crippen molar-refractivity contribution >= 4 is 46.9 Å². The second-order valence-electron chi connectivity index (χ2n) is 3.98. The number of hydrogen-bond acceptors (Lipinski definition) is 8. The molecule has 2 aromatic rings. The molecule has 2 rings (SSSR count). The van der Waals surface area contributed by atoms with Gasteiger partial charge in [-0.2, -0.15) is 10.2 Å². The summed E-state index contributed by atoms with van der Waals surface area (Å²) in [5.41, 5.74) is 5.40. The quantitative estimate of drug-likeness (QED) is 0.489. The second kappa shape index (κ2) is 7.52. The largest absolute Gasteiger partial charge is 0.331 e. The zero-order valence-corrected chi connectivity index (χ0v) is 13.4. The summed E-state index contributed by atoms with van der Waals surface area (Å²) in [5, 5.41) is 12.6. The predicted octanol–water partition coefficient (Wildman–Crippen LogP) is 0.817. The summed E-state index contributed by atoms with van der Waals surface area (Å²) < 4.78 is 0. The van der Waals surface area contributed by atoms with Gasteiger partial charge in [0.2, 0.25) is 0 Å². The number of aromatic nitrogens is 2. The molecule has 22 heavy (non-hydrogen) atoms. The van der Waals surface area contributed by atoms with E-state index in [9.17, 15) is 9.59 Å². The van der Waals surface area contributed by atoms with E-state index in [0.29, 0.717) is 11.4 Å². The number of hydrogen-bond donors (Lipinski definition) is 2. The Bertz CT molecular complexity index is 671. The average Bonchev–Trinajstić information content (AvgIpc) is 3.07. The maximum Gasteiger partial charge on any atom is 0.331 e. The van der Waals surface area contributed by atoms with Crippen LogP contribution < -0.4 is 10.9 Å². The van der Waals surface area contributed by atoms with Crippen molar-refractivity contribution in [1.29, 1.82) is 0 Å². The molecule has 0 radical (unpaired) electrons. The molecule has 0 saturated heterocycles. The number of aryl methyl sites for hydroxylation is 2. The molecule has 0 aliphatic rings. The summed E-state index contributed by atoms with van der Waals surface area (Å²) in [6, 6.07) is 0. The van der Waals surface area contributed by atoms with Gasteiger partial charge in [-0.1, -0.05) is 0 Å². The number of thiazole rings is 2. The molecule has 10 heteroatoms. The van der Waals surface area contributed by atoms with Crippen LogP contribution in [0.4, 0.5) is 0 Å². The fourth-order valence-electron chi connectivity index (χ4n) is 1.29. The van der Waals surface area contributed by atoms with Crippen molar-refractivity contribution in [1.82, 2.24) is 20.8 Å². The predicted molar refractivity (Wildman–Crippen MR) is 85.2 cm³/mol. The van der Waals surface area contributed by atoms with Gasteiger partial charge in [-0.05, 0) is 13.8 Å². The number of nitrogens with zero attached hydrogens (tertiary/aromatic N) is 4. The molecule has 0 fully saturated rings.